The van der Waals surface area contributed by atoms with Crippen molar-refractivity contribution in [3.63, 3.8) is 0 Å². The van der Waals surface area contributed by atoms with Crippen molar-refractivity contribution in [3.05, 3.63) is 167 Å². The first-order valence-corrected chi connectivity index (χ1v) is 17.2. The first-order valence-electron chi connectivity index (χ1n) is 17.2. The molecule has 0 radical (unpaired) electrons. The maximum Gasteiger partial charge on any atom is 0.101 e. The number of allylic oxidation sites excluding steroid dienone is 7. The van der Waals surface area contributed by atoms with E-state index in [1.54, 1.807) is 0 Å². The van der Waals surface area contributed by atoms with Crippen LogP contribution in [0.25, 0.3) is 55.0 Å². The zero-order valence-corrected chi connectivity index (χ0v) is 27.8. The lowest BCUT2D eigenvalue weighted by molar-refractivity contribution is 0.610. The summed E-state index contributed by atoms with van der Waals surface area (Å²) < 4.78 is 4.53. The van der Waals surface area contributed by atoms with E-state index in [2.05, 4.69) is 113 Å². The van der Waals surface area contributed by atoms with Crippen molar-refractivity contribution in [2.45, 2.75) is 25.2 Å². The van der Waals surface area contributed by atoms with Gasteiger partial charge in [-0.25, -0.2) is 0 Å². The minimum Gasteiger partial charge on any atom is -0.313 e. The Balaban J connectivity index is 1.08. The van der Waals surface area contributed by atoms with E-state index >= 15 is 0 Å². The van der Waals surface area contributed by atoms with Crippen LogP contribution < -0.4 is 0 Å². The number of benzene rings is 5. The van der Waals surface area contributed by atoms with Crippen LogP contribution >= 0.6 is 0 Å². The number of nitriles is 3. The molecule has 0 spiro atoms. The van der Waals surface area contributed by atoms with E-state index in [-0.39, 0.29) is 11.8 Å². The molecule has 2 unspecified atom stereocenters. The molecule has 2 aromatic heterocycles. The van der Waals surface area contributed by atoms with Crippen LogP contribution in [-0.2, 0) is 0 Å². The molecule has 0 saturated carbocycles. The molecule has 2 aliphatic carbocycles. The largest absolute Gasteiger partial charge is 0.313 e. The summed E-state index contributed by atoms with van der Waals surface area (Å²) in [6.07, 6.45) is 11.8. The van der Waals surface area contributed by atoms with Crippen molar-refractivity contribution in [2.24, 2.45) is 5.92 Å². The van der Waals surface area contributed by atoms with Gasteiger partial charge in [0.2, 0.25) is 0 Å². The Hall–Kier alpha value is -6.87. The van der Waals surface area contributed by atoms with Gasteiger partial charge in [-0.1, -0.05) is 85.0 Å². The molecule has 5 nitrogen and oxygen atoms in total. The number of nitrogens with zero attached hydrogens (tertiary/aromatic N) is 5. The molecular weight excluding hydrogens is 623 g/mol. The zero-order chi connectivity index (χ0) is 34.6. The highest BCUT2D eigenvalue weighted by molar-refractivity contribution is 6.11. The molecule has 2 aliphatic rings. The quantitative estimate of drug-likeness (QED) is 0.190. The van der Waals surface area contributed by atoms with Gasteiger partial charge in [-0.2, -0.15) is 15.8 Å². The maximum absolute atomic E-state index is 10.2. The Bertz CT molecular complexity index is 2850. The Morgan fingerprint density at radius 1 is 0.647 bits per heavy atom. The lowest BCUT2D eigenvalue weighted by Gasteiger charge is -2.29. The second-order valence-electron chi connectivity index (χ2n) is 13.6. The van der Waals surface area contributed by atoms with Gasteiger partial charge in [0.1, 0.15) is 6.07 Å². The third-order valence-corrected chi connectivity index (χ3v) is 10.6. The van der Waals surface area contributed by atoms with Crippen LogP contribution in [0.1, 0.15) is 47.4 Å². The minimum absolute atomic E-state index is 0.0930. The Kier molecular flexibility index (Phi) is 7.06. The first kappa shape index (κ1) is 30.2. The van der Waals surface area contributed by atoms with Gasteiger partial charge >= 0.3 is 0 Å². The molecule has 0 aliphatic heterocycles. The Morgan fingerprint density at radius 2 is 1.33 bits per heavy atom. The second kappa shape index (κ2) is 11.9. The fourth-order valence-corrected chi connectivity index (χ4v) is 8.39. The summed E-state index contributed by atoms with van der Waals surface area (Å²) in [6, 6.07) is 41.5. The van der Waals surface area contributed by atoms with Crippen LogP contribution in [0.3, 0.4) is 0 Å². The molecule has 2 atom stereocenters. The van der Waals surface area contributed by atoms with Crippen LogP contribution in [0.5, 0.6) is 0 Å². The van der Waals surface area contributed by atoms with Gasteiger partial charge in [-0.15, -0.1) is 0 Å². The van der Waals surface area contributed by atoms with Gasteiger partial charge in [0.05, 0.1) is 56.6 Å². The number of rotatable bonds is 4. The van der Waals surface area contributed by atoms with Gasteiger partial charge in [-0.3, -0.25) is 0 Å². The van der Waals surface area contributed by atoms with Crippen LogP contribution in [0, 0.1) is 39.9 Å². The van der Waals surface area contributed by atoms with E-state index in [0.29, 0.717) is 16.7 Å². The van der Waals surface area contributed by atoms with E-state index < -0.39 is 0 Å². The van der Waals surface area contributed by atoms with Gasteiger partial charge in [0, 0.05) is 33.2 Å². The molecule has 0 N–H and O–H groups in total. The lowest BCUT2D eigenvalue weighted by atomic mass is 9.79. The topological polar surface area (TPSA) is 81.2 Å². The molecule has 0 fully saturated rings. The SMILES string of the molecule is C=C1C=C(n2c3ccccc3c3cc(C#N)ccc32)CC(C2=CCC(c3ccc(C#N)cc3-n3c4ccccc4c4cccc(C#N)c43)C=C2)C1. The third-order valence-electron chi connectivity index (χ3n) is 10.6. The highest BCUT2D eigenvalue weighted by atomic mass is 15.0. The lowest BCUT2D eigenvalue weighted by Crippen LogP contribution is -2.15. The molecule has 51 heavy (non-hydrogen) atoms. The van der Waals surface area contributed by atoms with Crippen molar-refractivity contribution in [2.75, 3.05) is 0 Å². The van der Waals surface area contributed by atoms with E-state index in [1.807, 2.05) is 48.5 Å². The molecule has 0 amide bonds. The molecule has 240 valence electrons. The fraction of sp³-hybridized carbons (Fsp3) is 0.109. The van der Waals surface area contributed by atoms with Crippen molar-refractivity contribution in [1.82, 2.24) is 9.13 Å². The summed E-state index contributed by atoms with van der Waals surface area (Å²) in [5.74, 6) is 0.371. The monoisotopic (exact) mass is 653 g/mol. The van der Waals surface area contributed by atoms with Gasteiger partial charge in [0.25, 0.3) is 0 Å². The summed E-state index contributed by atoms with van der Waals surface area (Å²) in [6.45, 7) is 4.45. The number of para-hydroxylation sites is 3. The molecule has 5 heteroatoms. The van der Waals surface area contributed by atoms with Crippen LogP contribution in [0.4, 0.5) is 0 Å². The van der Waals surface area contributed by atoms with Gasteiger partial charge in [-0.05, 0) is 90.9 Å². The normalized spacial score (nSPS) is 17.3. The summed E-state index contributed by atoms with van der Waals surface area (Å²) >= 11 is 0. The highest BCUT2D eigenvalue weighted by Gasteiger charge is 2.27. The fourth-order valence-electron chi connectivity index (χ4n) is 8.39. The third kappa shape index (κ3) is 4.81. The van der Waals surface area contributed by atoms with Crippen molar-refractivity contribution >= 4 is 49.3 Å². The minimum atomic E-state index is 0.0930. The van der Waals surface area contributed by atoms with Gasteiger partial charge < -0.3 is 9.13 Å². The van der Waals surface area contributed by atoms with E-state index in [9.17, 15) is 15.8 Å². The number of fused-ring (bicyclic) bond motifs is 6. The maximum atomic E-state index is 10.2. The first-order chi connectivity index (χ1) is 25.1. The Labute approximate surface area is 295 Å². The Morgan fingerprint density at radius 3 is 2.08 bits per heavy atom. The van der Waals surface area contributed by atoms with Crippen LogP contribution in [0.2, 0.25) is 0 Å². The summed E-state index contributed by atoms with van der Waals surface area (Å²) in [7, 11) is 0. The van der Waals surface area contributed by atoms with E-state index in [1.165, 1.54) is 11.3 Å². The molecule has 0 bridgehead atoms. The van der Waals surface area contributed by atoms with Crippen LogP contribution in [-0.4, -0.2) is 9.13 Å². The summed E-state index contributed by atoms with van der Waals surface area (Å²) in [4.78, 5) is 0. The number of aromatic nitrogens is 2. The van der Waals surface area contributed by atoms with Gasteiger partial charge in [0.15, 0.2) is 0 Å². The predicted molar refractivity (Wildman–Crippen MR) is 205 cm³/mol. The molecule has 7 aromatic rings. The predicted octanol–water partition coefficient (Wildman–Crippen LogP) is 11.0. The molecule has 2 heterocycles. The highest BCUT2D eigenvalue weighted by Crippen LogP contribution is 2.43. The smallest absolute Gasteiger partial charge is 0.101 e. The van der Waals surface area contributed by atoms with Crippen molar-refractivity contribution < 1.29 is 0 Å². The van der Waals surface area contributed by atoms with Crippen molar-refractivity contribution in [1.29, 1.82) is 15.8 Å². The average Bonchev–Trinajstić information content (AvgIpc) is 3.70. The molecule has 0 saturated heterocycles. The molecule has 5 aromatic carbocycles. The van der Waals surface area contributed by atoms with E-state index in [0.717, 1.165) is 79.7 Å². The average molecular weight is 654 g/mol. The number of hydrogen-bond donors (Lipinski definition) is 0. The summed E-state index contributed by atoms with van der Waals surface area (Å²) in [5.41, 5.74) is 11.6. The second-order valence-corrected chi connectivity index (χ2v) is 13.6. The summed E-state index contributed by atoms with van der Waals surface area (Å²) in [5, 5.41) is 34.1. The zero-order valence-electron chi connectivity index (χ0n) is 27.8. The van der Waals surface area contributed by atoms with Crippen molar-refractivity contribution in [3.8, 4) is 23.9 Å². The van der Waals surface area contributed by atoms with Crippen LogP contribution in [0.15, 0.2) is 145 Å². The number of hydrogen-bond acceptors (Lipinski definition) is 3. The molecular formula is C46H31N5. The standard InChI is InChI=1S/C46H31N5/c1-29-21-35(25-36(22-29)50-42-11-4-3-9-39(42)41-23-30(26-47)14-20-44(41)50)32-15-17-33(18-16-32)37-19-13-31(27-48)24-45(37)51-43-12-5-2-8-38(43)40-10-6-7-34(28-49)46(40)51/h2-17,19-20,22-24,33,35H,1,18,21,25H2. The molecule has 9 rings (SSSR count). The van der Waals surface area contributed by atoms with E-state index in [4.69, 9.17) is 0 Å².